The number of rotatable bonds is 4. The Morgan fingerprint density at radius 2 is 1.87 bits per heavy atom. The minimum Gasteiger partial charge on any atom is -0.466 e. The van der Waals surface area contributed by atoms with E-state index in [9.17, 15) is 14.0 Å². The van der Waals surface area contributed by atoms with Crippen molar-refractivity contribution >= 4 is 12.3 Å². The Bertz CT molecular complexity index is 338. The van der Waals surface area contributed by atoms with Crippen molar-refractivity contribution in [1.82, 2.24) is 0 Å². The lowest BCUT2D eigenvalue weighted by atomic mass is 10.2. The number of ether oxygens (including phenoxy) is 1. The smallest absolute Gasteiger partial charge is 0.330 e. The summed E-state index contributed by atoms with van der Waals surface area (Å²) in [6.07, 6.45) is 4.16. The molecule has 0 saturated heterocycles. The maximum absolute atomic E-state index is 13.0. The fourth-order valence-corrected chi connectivity index (χ4v) is 0.685. The topological polar surface area (TPSA) is 43.4 Å². The Hall–Kier alpha value is -1.71. The molecule has 0 N–H and O–H groups in total. The molecule has 0 aromatic heterocycles. The van der Waals surface area contributed by atoms with Crippen LogP contribution in [0.25, 0.3) is 0 Å². The van der Waals surface area contributed by atoms with E-state index in [4.69, 9.17) is 0 Å². The molecule has 15 heavy (non-hydrogen) atoms. The molecule has 0 unspecified atom stereocenters. The molecule has 82 valence electrons. The molecule has 0 aromatic rings. The van der Waals surface area contributed by atoms with Crippen LogP contribution in [0.5, 0.6) is 0 Å². The minimum atomic E-state index is -0.623. The van der Waals surface area contributed by atoms with Crippen LogP contribution in [0, 0.1) is 0 Å². The fraction of sp³-hybridized carbons (Fsp3) is 0.273. The molecule has 0 atom stereocenters. The SMILES string of the molecule is COC(=O)C=C(C)C=C/C(F)=C(/C)C=O. The predicted octanol–water partition coefficient (Wildman–Crippen LogP) is 2.10. The monoisotopic (exact) mass is 212 g/mol. The number of esters is 1. The van der Waals surface area contributed by atoms with E-state index in [-0.39, 0.29) is 5.57 Å². The largest absolute Gasteiger partial charge is 0.466 e. The first-order valence-corrected chi connectivity index (χ1v) is 4.27. The summed E-state index contributed by atoms with van der Waals surface area (Å²) in [4.78, 5) is 21.0. The highest BCUT2D eigenvalue weighted by atomic mass is 19.1. The number of carbonyl (C=O) groups excluding carboxylic acids is 2. The molecular weight excluding hydrogens is 199 g/mol. The summed E-state index contributed by atoms with van der Waals surface area (Å²) in [5, 5.41) is 0. The lowest BCUT2D eigenvalue weighted by Gasteiger charge is -1.93. The molecule has 0 radical (unpaired) electrons. The Labute approximate surface area is 87.9 Å². The van der Waals surface area contributed by atoms with Gasteiger partial charge in [0.1, 0.15) is 12.1 Å². The molecule has 0 rings (SSSR count). The molecule has 0 aromatic carbocycles. The van der Waals surface area contributed by atoms with Gasteiger partial charge in [0.2, 0.25) is 0 Å². The van der Waals surface area contributed by atoms with Crippen molar-refractivity contribution < 1.29 is 18.7 Å². The maximum Gasteiger partial charge on any atom is 0.330 e. The van der Waals surface area contributed by atoms with Gasteiger partial charge in [-0.15, -0.1) is 0 Å². The lowest BCUT2D eigenvalue weighted by molar-refractivity contribution is -0.134. The number of halogens is 1. The second kappa shape index (κ2) is 6.70. The van der Waals surface area contributed by atoms with Crippen LogP contribution >= 0.6 is 0 Å². The summed E-state index contributed by atoms with van der Waals surface area (Å²) >= 11 is 0. The molecule has 0 aliphatic carbocycles. The highest BCUT2D eigenvalue weighted by Crippen LogP contribution is 2.07. The number of methoxy groups -OCH3 is 1. The summed E-state index contributed by atoms with van der Waals surface area (Å²) < 4.78 is 17.4. The van der Waals surface area contributed by atoms with Crippen LogP contribution in [0.1, 0.15) is 13.8 Å². The molecule has 0 aliphatic rings. The van der Waals surface area contributed by atoms with E-state index < -0.39 is 11.8 Å². The van der Waals surface area contributed by atoms with Gasteiger partial charge in [0.05, 0.1) is 7.11 Å². The van der Waals surface area contributed by atoms with Gasteiger partial charge in [0, 0.05) is 11.6 Å². The van der Waals surface area contributed by atoms with Crippen LogP contribution in [0.4, 0.5) is 4.39 Å². The van der Waals surface area contributed by atoms with Crippen molar-refractivity contribution in [2.45, 2.75) is 13.8 Å². The molecule has 0 spiro atoms. The third kappa shape index (κ3) is 5.57. The van der Waals surface area contributed by atoms with Crippen molar-refractivity contribution in [1.29, 1.82) is 0 Å². The van der Waals surface area contributed by atoms with Gasteiger partial charge in [-0.2, -0.15) is 0 Å². The van der Waals surface area contributed by atoms with Gasteiger partial charge in [-0.3, -0.25) is 4.79 Å². The zero-order chi connectivity index (χ0) is 11.8. The van der Waals surface area contributed by atoms with Crippen molar-refractivity contribution in [2.24, 2.45) is 0 Å². The molecular formula is C11H13FO3. The first-order chi connectivity index (χ1) is 7.01. The first kappa shape index (κ1) is 13.3. The Kier molecular flexibility index (Phi) is 5.94. The minimum absolute atomic E-state index is 0.0112. The molecule has 0 aliphatic heterocycles. The average molecular weight is 212 g/mol. The van der Waals surface area contributed by atoms with E-state index in [0.29, 0.717) is 11.9 Å². The van der Waals surface area contributed by atoms with E-state index in [1.807, 2.05) is 0 Å². The Balaban J connectivity index is 4.61. The second-order valence-corrected chi connectivity index (χ2v) is 2.89. The van der Waals surface area contributed by atoms with Gasteiger partial charge in [0.25, 0.3) is 0 Å². The van der Waals surface area contributed by atoms with Gasteiger partial charge < -0.3 is 4.74 Å². The van der Waals surface area contributed by atoms with E-state index in [0.717, 1.165) is 6.08 Å². The predicted molar refractivity (Wildman–Crippen MR) is 54.8 cm³/mol. The second-order valence-electron chi connectivity index (χ2n) is 2.89. The lowest BCUT2D eigenvalue weighted by Crippen LogP contribution is -1.94. The van der Waals surface area contributed by atoms with E-state index in [1.54, 1.807) is 6.92 Å². The van der Waals surface area contributed by atoms with Crippen LogP contribution in [0.3, 0.4) is 0 Å². The normalized spacial score (nSPS) is 13.7. The van der Waals surface area contributed by atoms with E-state index >= 15 is 0 Å². The molecule has 0 amide bonds. The van der Waals surface area contributed by atoms with Gasteiger partial charge in [-0.25, -0.2) is 9.18 Å². The summed E-state index contributed by atoms with van der Waals surface area (Å²) in [7, 11) is 1.26. The molecule has 4 heteroatoms. The van der Waals surface area contributed by atoms with Crippen LogP contribution in [0.15, 0.2) is 35.2 Å². The standard InChI is InChI=1S/C11H13FO3/c1-8(6-11(14)15-3)4-5-10(12)9(2)7-13/h4-7H,1-3H3/b5-4?,8-6?,10-9+. The summed E-state index contributed by atoms with van der Waals surface area (Å²) in [5.74, 6) is -1.13. The molecule has 3 nitrogen and oxygen atoms in total. The molecule has 0 saturated carbocycles. The van der Waals surface area contributed by atoms with Crippen molar-refractivity contribution in [3.05, 3.63) is 35.2 Å². The van der Waals surface area contributed by atoms with E-state index in [2.05, 4.69) is 4.74 Å². The number of allylic oxidation sites excluding steroid dienone is 5. The molecule has 0 heterocycles. The molecule has 0 bridgehead atoms. The summed E-state index contributed by atoms with van der Waals surface area (Å²) in [6, 6.07) is 0. The highest BCUT2D eigenvalue weighted by molar-refractivity contribution is 5.83. The van der Waals surface area contributed by atoms with Crippen LogP contribution in [-0.4, -0.2) is 19.4 Å². The number of carbonyl (C=O) groups is 2. The van der Waals surface area contributed by atoms with Gasteiger partial charge in [-0.05, 0) is 25.5 Å². The van der Waals surface area contributed by atoms with Gasteiger partial charge in [0.15, 0.2) is 0 Å². The third-order valence-electron chi connectivity index (χ3n) is 1.59. The van der Waals surface area contributed by atoms with Crippen molar-refractivity contribution in [2.75, 3.05) is 7.11 Å². The first-order valence-electron chi connectivity index (χ1n) is 4.27. The fourth-order valence-electron chi connectivity index (χ4n) is 0.685. The number of hydrogen-bond acceptors (Lipinski definition) is 3. The summed E-state index contributed by atoms with van der Waals surface area (Å²) in [6.45, 7) is 2.99. The summed E-state index contributed by atoms with van der Waals surface area (Å²) in [5.41, 5.74) is 0.549. The Morgan fingerprint density at radius 1 is 1.27 bits per heavy atom. The Morgan fingerprint density at radius 3 is 2.33 bits per heavy atom. The highest BCUT2D eigenvalue weighted by Gasteiger charge is 1.96. The average Bonchev–Trinajstić information content (AvgIpc) is 2.24. The van der Waals surface area contributed by atoms with Crippen LogP contribution in [0.2, 0.25) is 0 Å². The zero-order valence-electron chi connectivity index (χ0n) is 8.91. The van der Waals surface area contributed by atoms with Crippen LogP contribution < -0.4 is 0 Å². The quantitative estimate of drug-likeness (QED) is 0.310. The zero-order valence-corrected chi connectivity index (χ0v) is 8.91. The molecule has 0 fully saturated rings. The number of aldehydes is 1. The van der Waals surface area contributed by atoms with Crippen molar-refractivity contribution in [3.8, 4) is 0 Å². The van der Waals surface area contributed by atoms with Crippen molar-refractivity contribution in [3.63, 3.8) is 0 Å². The number of hydrogen-bond donors (Lipinski definition) is 0. The maximum atomic E-state index is 13.0. The van der Waals surface area contributed by atoms with E-state index in [1.165, 1.54) is 26.2 Å². The van der Waals surface area contributed by atoms with Gasteiger partial charge >= 0.3 is 5.97 Å². The third-order valence-corrected chi connectivity index (χ3v) is 1.59. The van der Waals surface area contributed by atoms with Crippen LogP contribution in [-0.2, 0) is 14.3 Å². The van der Waals surface area contributed by atoms with Gasteiger partial charge in [-0.1, -0.05) is 6.08 Å².